The lowest BCUT2D eigenvalue weighted by atomic mass is 9.87. The molecule has 2 aromatic rings. The Bertz CT molecular complexity index is 988. The summed E-state index contributed by atoms with van der Waals surface area (Å²) in [5.41, 5.74) is 4.52. The highest BCUT2D eigenvalue weighted by atomic mass is 32.2. The van der Waals surface area contributed by atoms with E-state index in [-0.39, 0.29) is 5.91 Å². The number of carboxylic acid groups (broad SMARTS) is 1. The number of nitrogens with one attached hydrogen (secondary N) is 1. The third-order valence-corrected chi connectivity index (χ3v) is 7.70. The van der Waals surface area contributed by atoms with Crippen molar-refractivity contribution in [3.8, 4) is 11.1 Å². The van der Waals surface area contributed by atoms with Crippen molar-refractivity contribution in [1.82, 2.24) is 10.2 Å². The molecule has 1 atom stereocenters. The van der Waals surface area contributed by atoms with Crippen LogP contribution in [0.25, 0.3) is 11.1 Å². The molecule has 0 radical (unpaired) electrons. The van der Waals surface area contributed by atoms with Crippen LogP contribution in [0.15, 0.2) is 42.5 Å². The van der Waals surface area contributed by atoms with E-state index in [0.717, 1.165) is 41.3 Å². The lowest BCUT2D eigenvalue weighted by Gasteiger charge is -2.25. The molecular weight excluding hydrogens is 456 g/mol. The van der Waals surface area contributed by atoms with Crippen LogP contribution in [0.2, 0.25) is 0 Å². The van der Waals surface area contributed by atoms with Crippen molar-refractivity contribution < 1.29 is 14.7 Å². The Balaban J connectivity index is 1.80. The molecule has 6 heteroatoms. The van der Waals surface area contributed by atoms with Gasteiger partial charge >= 0.3 is 0 Å². The Morgan fingerprint density at radius 2 is 1.86 bits per heavy atom. The zero-order valence-corrected chi connectivity index (χ0v) is 22.2. The molecule has 0 aromatic heterocycles. The van der Waals surface area contributed by atoms with Gasteiger partial charge in [0.2, 0.25) is 0 Å². The summed E-state index contributed by atoms with van der Waals surface area (Å²) in [4.78, 5) is 27.2. The molecule has 5 nitrogen and oxygen atoms in total. The highest BCUT2D eigenvalue weighted by Crippen LogP contribution is 2.29. The van der Waals surface area contributed by atoms with Crippen molar-refractivity contribution in [3.05, 3.63) is 59.2 Å². The van der Waals surface area contributed by atoms with Crippen LogP contribution in [0.1, 0.15) is 66.4 Å². The van der Waals surface area contributed by atoms with E-state index >= 15 is 0 Å². The fraction of sp³-hybridized carbons (Fsp3) is 0.517. The van der Waals surface area contributed by atoms with Gasteiger partial charge in [-0.1, -0.05) is 62.4 Å². The predicted octanol–water partition coefficient (Wildman–Crippen LogP) is 4.67. The maximum atomic E-state index is 13.2. The Kier molecular flexibility index (Phi) is 10.7. The van der Waals surface area contributed by atoms with Crippen LogP contribution in [0, 0.1) is 12.8 Å². The van der Waals surface area contributed by atoms with Gasteiger partial charge in [0.25, 0.3) is 5.91 Å². The number of hydrogen-bond donors (Lipinski definition) is 1. The standard InChI is InChI=1S/C29H40N2O3S/c1-21-9-7-8-12-24(21)26-19-23(20-31(2)17-15-22-10-5-4-6-11-22)13-14-25(26)28(32)30-27(29(33)34)16-18-35-3/h7-9,12-14,19,22,27H,4-6,10-11,15-18,20H2,1-3H3,(H,30,32)(H,33,34)/p-1/t27-/m0/s1. The van der Waals surface area contributed by atoms with E-state index in [1.54, 1.807) is 11.8 Å². The van der Waals surface area contributed by atoms with E-state index in [4.69, 9.17) is 0 Å². The number of amides is 1. The van der Waals surface area contributed by atoms with Gasteiger partial charge in [-0.15, -0.1) is 0 Å². The maximum absolute atomic E-state index is 13.2. The second kappa shape index (κ2) is 13.7. The van der Waals surface area contributed by atoms with Gasteiger partial charge in [0.15, 0.2) is 0 Å². The van der Waals surface area contributed by atoms with Crippen LogP contribution in [0.4, 0.5) is 0 Å². The summed E-state index contributed by atoms with van der Waals surface area (Å²) in [6.45, 7) is 3.90. The minimum Gasteiger partial charge on any atom is -0.548 e. The van der Waals surface area contributed by atoms with Crippen LogP contribution < -0.4 is 10.4 Å². The van der Waals surface area contributed by atoms with Crippen molar-refractivity contribution in [2.45, 2.75) is 64.5 Å². The van der Waals surface area contributed by atoms with Crippen LogP contribution in [0.5, 0.6) is 0 Å². The number of rotatable bonds is 12. The Morgan fingerprint density at radius 3 is 2.54 bits per heavy atom. The minimum atomic E-state index is -1.25. The quantitative estimate of drug-likeness (QED) is 0.463. The molecule has 0 unspecified atom stereocenters. The number of aliphatic carboxylic acids is 1. The number of carbonyl (C=O) groups excluding carboxylic acids is 2. The Hall–Kier alpha value is -2.31. The first-order valence-corrected chi connectivity index (χ1v) is 14.2. The number of carboxylic acids is 1. The molecule has 0 heterocycles. The maximum Gasteiger partial charge on any atom is 0.252 e. The van der Waals surface area contributed by atoms with Crippen LogP contribution >= 0.6 is 11.8 Å². The van der Waals surface area contributed by atoms with E-state index in [0.29, 0.717) is 17.7 Å². The topological polar surface area (TPSA) is 72.5 Å². The lowest BCUT2D eigenvalue weighted by molar-refractivity contribution is -0.308. The van der Waals surface area contributed by atoms with Crippen LogP contribution in [-0.2, 0) is 11.3 Å². The Morgan fingerprint density at radius 1 is 1.11 bits per heavy atom. The largest absolute Gasteiger partial charge is 0.548 e. The number of nitrogens with zero attached hydrogens (tertiary/aromatic N) is 1. The first-order valence-electron chi connectivity index (χ1n) is 12.8. The van der Waals surface area contributed by atoms with E-state index in [1.165, 1.54) is 38.5 Å². The van der Waals surface area contributed by atoms with E-state index < -0.39 is 12.0 Å². The summed E-state index contributed by atoms with van der Waals surface area (Å²) in [6.07, 6.45) is 10.3. The fourth-order valence-electron chi connectivity index (χ4n) is 4.98. The first kappa shape index (κ1) is 27.3. The average Bonchev–Trinajstić information content (AvgIpc) is 2.86. The molecule has 190 valence electrons. The van der Waals surface area contributed by atoms with Gasteiger partial charge in [0.05, 0.1) is 12.0 Å². The van der Waals surface area contributed by atoms with Crippen molar-refractivity contribution in [3.63, 3.8) is 0 Å². The normalized spacial score (nSPS) is 15.2. The highest BCUT2D eigenvalue weighted by molar-refractivity contribution is 7.98. The van der Waals surface area contributed by atoms with E-state index in [2.05, 4.69) is 23.3 Å². The van der Waals surface area contributed by atoms with Gasteiger partial charge in [-0.3, -0.25) is 4.79 Å². The number of benzene rings is 2. The molecule has 1 amide bonds. The zero-order valence-electron chi connectivity index (χ0n) is 21.3. The average molecular weight is 496 g/mol. The summed E-state index contributed by atoms with van der Waals surface area (Å²) < 4.78 is 0. The van der Waals surface area contributed by atoms with Crippen molar-refractivity contribution in [2.75, 3.05) is 25.6 Å². The van der Waals surface area contributed by atoms with E-state index in [9.17, 15) is 14.7 Å². The summed E-state index contributed by atoms with van der Waals surface area (Å²) in [5.74, 6) is -0.144. The van der Waals surface area contributed by atoms with Gasteiger partial charge < -0.3 is 20.1 Å². The summed E-state index contributed by atoms with van der Waals surface area (Å²) in [6, 6.07) is 12.9. The summed E-state index contributed by atoms with van der Waals surface area (Å²) in [7, 11) is 2.16. The molecule has 0 saturated heterocycles. The van der Waals surface area contributed by atoms with Gasteiger partial charge in [0, 0.05) is 12.1 Å². The SMILES string of the molecule is CSCC[C@H](NC(=O)c1ccc(CN(C)CCC2CCCCC2)cc1-c1ccccc1C)C(=O)[O-]. The third kappa shape index (κ3) is 8.11. The Labute approximate surface area is 214 Å². The van der Waals surface area contributed by atoms with Crippen LogP contribution in [-0.4, -0.2) is 48.4 Å². The molecule has 1 aliphatic carbocycles. The first-order chi connectivity index (χ1) is 16.9. The molecule has 35 heavy (non-hydrogen) atoms. The number of carbonyl (C=O) groups is 2. The van der Waals surface area contributed by atoms with Crippen LogP contribution in [0.3, 0.4) is 0 Å². The molecule has 2 aromatic carbocycles. The second-order valence-electron chi connectivity index (χ2n) is 9.85. The molecular formula is C29H39N2O3S-. The fourth-order valence-corrected chi connectivity index (χ4v) is 5.45. The third-order valence-electron chi connectivity index (χ3n) is 7.06. The molecule has 1 fully saturated rings. The van der Waals surface area contributed by atoms with Gasteiger partial charge in [-0.25, -0.2) is 0 Å². The second-order valence-corrected chi connectivity index (χ2v) is 10.8. The lowest BCUT2D eigenvalue weighted by Crippen LogP contribution is -2.48. The van der Waals surface area contributed by atoms with Crippen molar-refractivity contribution in [1.29, 1.82) is 0 Å². The predicted molar refractivity (Wildman–Crippen MR) is 143 cm³/mol. The minimum absolute atomic E-state index is 0.332. The van der Waals surface area contributed by atoms with Gasteiger partial charge in [-0.2, -0.15) is 11.8 Å². The van der Waals surface area contributed by atoms with Gasteiger partial charge in [-0.05, 0) is 85.7 Å². The highest BCUT2D eigenvalue weighted by Gasteiger charge is 2.20. The smallest absolute Gasteiger partial charge is 0.252 e. The monoisotopic (exact) mass is 495 g/mol. The number of aryl methyl sites for hydroxylation is 1. The molecule has 1 aliphatic rings. The number of thioether (sulfide) groups is 1. The van der Waals surface area contributed by atoms with Gasteiger partial charge in [0.1, 0.15) is 0 Å². The molecule has 0 spiro atoms. The zero-order chi connectivity index (χ0) is 25.2. The molecule has 1 N–H and O–H groups in total. The summed E-state index contributed by atoms with van der Waals surface area (Å²) >= 11 is 1.55. The number of hydrogen-bond acceptors (Lipinski definition) is 5. The molecule has 0 aliphatic heterocycles. The van der Waals surface area contributed by atoms with Crippen molar-refractivity contribution >= 4 is 23.6 Å². The van der Waals surface area contributed by atoms with Crippen molar-refractivity contribution in [2.24, 2.45) is 5.92 Å². The van der Waals surface area contributed by atoms with E-state index in [1.807, 2.05) is 49.6 Å². The molecule has 1 saturated carbocycles. The molecule has 0 bridgehead atoms. The summed E-state index contributed by atoms with van der Waals surface area (Å²) in [5, 5.41) is 14.3. The molecule has 3 rings (SSSR count).